The summed E-state index contributed by atoms with van der Waals surface area (Å²) in [4.78, 5) is 27.4. The average molecular weight is 356 g/mol. The third-order valence-electron chi connectivity index (χ3n) is 2.66. The zero-order chi connectivity index (χ0) is 15.8. The van der Waals surface area contributed by atoms with Crippen LogP contribution in [0.5, 0.6) is 0 Å². The number of halogens is 1. The van der Waals surface area contributed by atoms with E-state index >= 15 is 0 Å². The van der Waals surface area contributed by atoms with Crippen molar-refractivity contribution >= 4 is 46.4 Å². The Balaban J connectivity index is 0.00000264. The maximum atomic E-state index is 11.8. The Morgan fingerprint density at radius 3 is 2.70 bits per heavy atom. The van der Waals surface area contributed by atoms with Gasteiger partial charge >= 0.3 is 5.97 Å². The highest BCUT2D eigenvalue weighted by atomic mass is 35.5. The summed E-state index contributed by atoms with van der Waals surface area (Å²) < 4.78 is 4.85. The molecule has 0 saturated heterocycles. The number of ether oxygens (including phenoxy) is 1. The zero-order valence-electron chi connectivity index (χ0n) is 12.6. The van der Waals surface area contributed by atoms with Crippen LogP contribution in [0.3, 0.4) is 0 Å². The van der Waals surface area contributed by atoms with E-state index in [4.69, 9.17) is 4.74 Å². The summed E-state index contributed by atoms with van der Waals surface area (Å²) in [5, 5.41) is 7.91. The first-order chi connectivity index (χ1) is 10.7. The summed E-state index contributed by atoms with van der Waals surface area (Å²) in [6, 6.07) is 9.46. The normalized spacial score (nSPS) is 9.61. The minimum atomic E-state index is -0.323. The highest BCUT2D eigenvalue weighted by Crippen LogP contribution is 2.16. The van der Waals surface area contributed by atoms with Crippen molar-refractivity contribution < 1.29 is 14.3 Å². The Kier molecular flexibility index (Phi) is 8.07. The Morgan fingerprint density at radius 1 is 1.26 bits per heavy atom. The van der Waals surface area contributed by atoms with E-state index in [0.717, 1.165) is 5.69 Å². The van der Waals surface area contributed by atoms with Crippen molar-refractivity contribution in [2.24, 2.45) is 0 Å². The summed E-state index contributed by atoms with van der Waals surface area (Å²) in [7, 11) is 0. The van der Waals surface area contributed by atoms with Crippen molar-refractivity contribution in [2.45, 2.75) is 13.3 Å². The summed E-state index contributed by atoms with van der Waals surface area (Å²) >= 11 is 1.28. The Hall–Kier alpha value is -2.12. The lowest BCUT2D eigenvalue weighted by Crippen LogP contribution is -2.21. The van der Waals surface area contributed by atoms with Gasteiger partial charge in [0, 0.05) is 11.1 Å². The minimum absolute atomic E-state index is 0. The van der Waals surface area contributed by atoms with Crippen molar-refractivity contribution in [3.8, 4) is 0 Å². The second-order valence-corrected chi connectivity index (χ2v) is 5.25. The van der Waals surface area contributed by atoms with Gasteiger partial charge in [0.05, 0.1) is 25.3 Å². The number of carbonyl (C=O) groups excluding carboxylic acids is 2. The zero-order valence-corrected chi connectivity index (χ0v) is 14.2. The molecule has 0 radical (unpaired) electrons. The number of esters is 1. The van der Waals surface area contributed by atoms with Crippen LogP contribution in [0.1, 0.15) is 12.6 Å². The van der Waals surface area contributed by atoms with Gasteiger partial charge in [0.15, 0.2) is 5.13 Å². The van der Waals surface area contributed by atoms with Gasteiger partial charge in [-0.1, -0.05) is 18.2 Å². The van der Waals surface area contributed by atoms with E-state index in [0.29, 0.717) is 17.4 Å². The first kappa shape index (κ1) is 18.9. The lowest BCUT2D eigenvalue weighted by Gasteiger charge is -2.05. The third kappa shape index (κ3) is 6.66. The molecule has 124 valence electrons. The summed E-state index contributed by atoms with van der Waals surface area (Å²) in [5.41, 5.74) is 1.47. The van der Waals surface area contributed by atoms with Gasteiger partial charge in [-0.15, -0.1) is 23.7 Å². The SMILES string of the molecule is CCOC(=O)Cc1csc(NC(=O)CNc2ccccc2)n1.Cl. The van der Waals surface area contributed by atoms with E-state index in [2.05, 4.69) is 15.6 Å². The molecule has 0 bridgehead atoms. The molecule has 1 heterocycles. The maximum absolute atomic E-state index is 11.8. The van der Waals surface area contributed by atoms with Crippen LogP contribution >= 0.6 is 23.7 Å². The summed E-state index contributed by atoms with van der Waals surface area (Å²) in [6.07, 6.45) is 0.114. The summed E-state index contributed by atoms with van der Waals surface area (Å²) in [6.45, 7) is 2.25. The predicted octanol–water partition coefficient (Wildman–Crippen LogP) is 2.72. The van der Waals surface area contributed by atoms with Crippen LogP contribution in [0.2, 0.25) is 0 Å². The number of carbonyl (C=O) groups is 2. The van der Waals surface area contributed by atoms with Gasteiger partial charge in [0.25, 0.3) is 0 Å². The number of amides is 1. The number of anilines is 2. The van der Waals surface area contributed by atoms with Gasteiger partial charge in [0.2, 0.25) is 5.91 Å². The van der Waals surface area contributed by atoms with Crippen molar-refractivity contribution in [1.82, 2.24) is 4.98 Å². The number of hydrogen-bond acceptors (Lipinski definition) is 6. The van der Waals surface area contributed by atoms with Gasteiger partial charge in [-0.3, -0.25) is 9.59 Å². The van der Waals surface area contributed by atoms with Crippen LogP contribution in [-0.4, -0.2) is 30.0 Å². The average Bonchev–Trinajstić information content (AvgIpc) is 2.93. The largest absolute Gasteiger partial charge is 0.466 e. The molecule has 23 heavy (non-hydrogen) atoms. The molecule has 2 rings (SSSR count). The molecule has 8 heteroatoms. The predicted molar refractivity (Wildman–Crippen MR) is 93.3 cm³/mol. The van der Waals surface area contributed by atoms with E-state index < -0.39 is 0 Å². The van der Waals surface area contributed by atoms with E-state index in [1.54, 1.807) is 12.3 Å². The molecule has 1 aromatic heterocycles. The molecule has 0 fully saturated rings. The summed E-state index contributed by atoms with van der Waals surface area (Å²) in [5.74, 6) is -0.516. The van der Waals surface area contributed by atoms with E-state index in [9.17, 15) is 9.59 Å². The fourth-order valence-electron chi connectivity index (χ4n) is 1.71. The molecule has 2 N–H and O–H groups in total. The number of aromatic nitrogens is 1. The highest BCUT2D eigenvalue weighted by Gasteiger charge is 2.10. The second kappa shape index (κ2) is 9.81. The van der Waals surface area contributed by atoms with E-state index in [1.807, 2.05) is 30.3 Å². The quantitative estimate of drug-likeness (QED) is 0.746. The molecule has 6 nitrogen and oxygen atoms in total. The molecule has 0 atom stereocenters. The second-order valence-electron chi connectivity index (χ2n) is 4.39. The molecule has 0 aliphatic rings. The van der Waals surface area contributed by atoms with Crippen molar-refractivity contribution in [3.05, 3.63) is 41.4 Å². The topological polar surface area (TPSA) is 80.3 Å². The third-order valence-corrected chi connectivity index (χ3v) is 3.46. The fourth-order valence-corrected chi connectivity index (χ4v) is 2.43. The van der Waals surface area contributed by atoms with Crippen LogP contribution in [0.15, 0.2) is 35.7 Å². The molecule has 0 unspecified atom stereocenters. The number of benzene rings is 1. The molecule has 0 aliphatic heterocycles. The van der Waals surface area contributed by atoms with Crippen molar-refractivity contribution in [3.63, 3.8) is 0 Å². The first-order valence-electron chi connectivity index (χ1n) is 6.86. The molecular formula is C15H18ClN3O3S. The maximum Gasteiger partial charge on any atom is 0.311 e. The lowest BCUT2D eigenvalue weighted by molar-refractivity contribution is -0.142. The molecule has 0 spiro atoms. The number of thiazole rings is 1. The van der Waals surface area contributed by atoms with Crippen LogP contribution in [0.25, 0.3) is 0 Å². The number of nitrogens with one attached hydrogen (secondary N) is 2. The fraction of sp³-hybridized carbons (Fsp3) is 0.267. The molecule has 0 aliphatic carbocycles. The van der Waals surface area contributed by atoms with Gasteiger partial charge in [0.1, 0.15) is 0 Å². The first-order valence-corrected chi connectivity index (χ1v) is 7.74. The minimum Gasteiger partial charge on any atom is -0.466 e. The number of rotatable bonds is 7. The van der Waals surface area contributed by atoms with Crippen LogP contribution in [0.4, 0.5) is 10.8 Å². The molecule has 1 amide bonds. The van der Waals surface area contributed by atoms with Crippen molar-refractivity contribution in [1.29, 1.82) is 0 Å². The molecule has 2 aromatic rings. The van der Waals surface area contributed by atoms with Crippen LogP contribution < -0.4 is 10.6 Å². The highest BCUT2D eigenvalue weighted by molar-refractivity contribution is 7.13. The van der Waals surface area contributed by atoms with E-state index in [1.165, 1.54) is 11.3 Å². The Bertz CT molecular complexity index is 634. The Morgan fingerprint density at radius 2 is 2.00 bits per heavy atom. The van der Waals surface area contributed by atoms with Gasteiger partial charge in [-0.25, -0.2) is 4.98 Å². The van der Waals surface area contributed by atoms with Crippen LogP contribution in [-0.2, 0) is 20.7 Å². The number of para-hydroxylation sites is 1. The molecular weight excluding hydrogens is 338 g/mol. The molecule has 1 aromatic carbocycles. The molecule has 0 saturated carbocycles. The lowest BCUT2D eigenvalue weighted by atomic mass is 10.3. The van der Waals surface area contributed by atoms with Crippen molar-refractivity contribution in [2.75, 3.05) is 23.8 Å². The standard InChI is InChI=1S/C15H17N3O3S.ClH/c1-2-21-14(20)8-12-10-22-15(17-12)18-13(19)9-16-11-6-4-3-5-7-11;/h3-7,10,16H,2,8-9H2,1H3,(H,17,18,19);1H. The van der Waals surface area contributed by atoms with Gasteiger partial charge in [-0.05, 0) is 19.1 Å². The monoisotopic (exact) mass is 355 g/mol. The number of nitrogens with zero attached hydrogens (tertiary/aromatic N) is 1. The van der Waals surface area contributed by atoms with E-state index in [-0.39, 0.29) is 37.2 Å². The van der Waals surface area contributed by atoms with Gasteiger partial charge in [-0.2, -0.15) is 0 Å². The Labute approximate surface area is 144 Å². The van der Waals surface area contributed by atoms with Gasteiger partial charge < -0.3 is 15.4 Å². The number of hydrogen-bond donors (Lipinski definition) is 2. The van der Waals surface area contributed by atoms with Crippen LogP contribution in [0, 0.1) is 0 Å². The smallest absolute Gasteiger partial charge is 0.311 e.